The lowest BCUT2D eigenvalue weighted by Gasteiger charge is -2.06. The van der Waals surface area contributed by atoms with Gasteiger partial charge in [-0.1, -0.05) is 12.1 Å². The summed E-state index contributed by atoms with van der Waals surface area (Å²) in [5.41, 5.74) is 16.1. The van der Waals surface area contributed by atoms with Crippen LogP contribution in [0.3, 0.4) is 0 Å². The maximum absolute atomic E-state index is 12.0. The first kappa shape index (κ1) is 21.3. The van der Waals surface area contributed by atoms with Crippen molar-refractivity contribution in [1.82, 2.24) is 14.8 Å². The van der Waals surface area contributed by atoms with E-state index in [-0.39, 0.29) is 23.5 Å². The molecule has 1 aliphatic rings. The highest BCUT2D eigenvalue weighted by Crippen LogP contribution is 2.30. The summed E-state index contributed by atoms with van der Waals surface area (Å²) in [5.74, 6) is 0.972. The number of carbonyl (C=O) groups excluding carboxylic acids is 1. The molecule has 4 N–H and O–H groups in total. The highest BCUT2D eigenvalue weighted by molar-refractivity contribution is 6.05. The molecule has 4 aromatic rings. The monoisotopic (exact) mass is 453 g/mol. The first-order chi connectivity index (χ1) is 16.5. The van der Waals surface area contributed by atoms with Crippen molar-refractivity contribution in [1.29, 1.82) is 0 Å². The molecule has 1 fully saturated rings. The Labute approximate surface area is 195 Å². The first-order valence-electron chi connectivity index (χ1n) is 10.9. The Morgan fingerprint density at radius 1 is 1.12 bits per heavy atom. The first-order valence-corrected chi connectivity index (χ1v) is 10.9. The van der Waals surface area contributed by atoms with Gasteiger partial charge in [0, 0.05) is 29.4 Å². The predicted octanol–water partition coefficient (Wildman–Crippen LogP) is 3.51. The molecule has 9 heteroatoms. The van der Waals surface area contributed by atoms with Crippen LogP contribution in [0.15, 0.2) is 81.5 Å². The maximum Gasteiger partial charge on any atom is 0.250 e. The predicted molar refractivity (Wildman–Crippen MR) is 129 cm³/mol. The number of aryl methyl sites for hydroxylation is 1. The quantitative estimate of drug-likeness (QED) is 0.338. The Kier molecular flexibility index (Phi) is 5.51. The normalized spacial score (nSPS) is 14.4. The van der Waals surface area contributed by atoms with E-state index in [0.29, 0.717) is 22.9 Å². The summed E-state index contributed by atoms with van der Waals surface area (Å²) in [6.45, 7) is 1.91. The molecular formula is C25H23N7O2. The number of oxazole rings is 1. The second-order valence-electron chi connectivity index (χ2n) is 8.14. The molecule has 9 nitrogen and oxygen atoms in total. The third-order valence-electron chi connectivity index (χ3n) is 5.54. The van der Waals surface area contributed by atoms with E-state index in [9.17, 15) is 4.79 Å². The van der Waals surface area contributed by atoms with E-state index in [1.807, 2.05) is 55.6 Å². The van der Waals surface area contributed by atoms with Gasteiger partial charge in [-0.05, 0) is 61.7 Å². The smallest absolute Gasteiger partial charge is 0.250 e. The van der Waals surface area contributed by atoms with Gasteiger partial charge in [0.05, 0.1) is 17.6 Å². The van der Waals surface area contributed by atoms with Crippen LogP contribution in [-0.2, 0) is 4.79 Å². The van der Waals surface area contributed by atoms with Crippen LogP contribution in [0.1, 0.15) is 29.7 Å². The van der Waals surface area contributed by atoms with Crippen LogP contribution < -0.4 is 11.5 Å². The van der Waals surface area contributed by atoms with Crippen molar-refractivity contribution in [3.8, 4) is 17.1 Å². The molecule has 170 valence electrons. The van der Waals surface area contributed by atoms with Crippen molar-refractivity contribution in [2.45, 2.75) is 19.8 Å². The molecule has 34 heavy (non-hydrogen) atoms. The van der Waals surface area contributed by atoms with Gasteiger partial charge in [-0.25, -0.2) is 14.7 Å². The molecular weight excluding hydrogens is 430 g/mol. The van der Waals surface area contributed by atoms with Crippen LogP contribution in [0.5, 0.6) is 0 Å². The summed E-state index contributed by atoms with van der Waals surface area (Å²) in [6, 6.07) is 14.9. The van der Waals surface area contributed by atoms with Gasteiger partial charge in [-0.2, -0.15) is 10.1 Å². The second-order valence-corrected chi connectivity index (χ2v) is 8.14. The van der Waals surface area contributed by atoms with Gasteiger partial charge in [0.1, 0.15) is 5.84 Å². The lowest BCUT2D eigenvalue weighted by molar-refractivity contribution is -0.118. The van der Waals surface area contributed by atoms with Gasteiger partial charge in [0.15, 0.2) is 11.6 Å². The van der Waals surface area contributed by atoms with E-state index in [0.717, 1.165) is 29.7 Å². The van der Waals surface area contributed by atoms with Crippen LogP contribution in [-0.4, -0.2) is 32.3 Å². The zero-order chi connectivity index (χ0) is 23.7. The van der Waals surface area contributed by atoms with Crippen molar-refractivity contribution in [3.63, 3.8) is 0 Å². The summed E-state index contributed by atoms with van der Waals surface area (Å²) in [6.07, 6.45) is 6.89. The average Bonchev–Trinajstić information content (AvgIpc) is 3.33. The lowest BCUT2D eigenvalue weighted by atomic mass is 10.1. The van der Waals surface area contributed by atoms with E-state index >= 15 is 0 Å². The molecule has 2 heterocycles. The number of benzene rings is 2. The lowest BCUT2D eigenvalue weighted by Crippen LogP contribution is -2.16. The van der Waals surface area contributed by atoms with Crippen molar-refractivity contribution in [3.05, 3.63) is 84.0 Å². The van der Waals surface area contributed by atoms with E-state index in [4.69, 9.17) is 15.9 Å². The number of nitrogens with zero attached hydrogens (tertiary/aromatic N) is 5. The Bertz CT molecular complexity index is 1400. The van der Waals surface area contributed by atoms with Gasteiger partial charge >= 0.3 is 0 Å². The van der Waals surface area contributed by atoms with E-state index in [2.05, 4.69) is 20.1 Å². The average molecular weight is 454 g/mol. The molecule has 0 atom stereocenters. The third kappa shape index (κ3) is 4.49. The Hall–Kier alpha value is -4.53. The molecule has 0 spiro atoms. The molecule has 0 bridgehead atoms. The van der Waals surface area contributed by atoms with E-state index < -0.39 is 0 Å². The summed E-state index contributed by atoms with van der Waals surface area (Å²) in [5, 5.41) is 4.22. The Morgan fingerprint density at radius 3 is 2.62 bits per heavy atom. The van der Waals surface area contributed by atoms with Crippen LogP contribution in [0.4, 0.5) is 5.69 Å². The third-order valence-corrected chi connectivity index (χ3v) is 5.54. The minimum atomic E-state index is -0.172. The molecule has 2 aromatic heterocycles. The fraction of sp³-hybridized carbons (Fsp3) is 0.160. The minimum Gasteiger partial charge on any atom is -0.433 e. The standard InChI is InChI=1S/C25H23N7O2/c1-15-3-4-18(22(26)31-24(33)16-5-6-16)13-20(15)30-23(27)21-14-28-25(34-21)17-7-9-19(10-8-17)32-12-2-11-29-32/h2-4,7-14,16H,5-6H2,1H3,(H2,27,30)(H2,26,31,33). The van der Waals surface area contributed by atoms with Gasteiger partial charge in [0.2, 0.25) is 5.89 Å². The number of rotatable bonds is 6. The molecule has 2 aromatic carbocycles. The van der Waals surface area contributed by atoms with Crippen LogP contribution in [0.25, 0.3) is 17.1 Å². The van der Waals surface area contributed by atoms with E-state index in [1.54, 1.807) is 23.1 Å². The van der Waals surface area contributed by atoms with Crippen molar-refractivity contribution < 1.29 is 9.21 Å². The molecule has 1 amide bonds. The molecule has 0 aliphatic heterocycles. The number of aromatic nitrogens is 3. The molecule has 0 radical (unpaired) electrons. The van der Waals surface area contributed by atoms with Gasteiger partial charge in [0.25, 0.3) is 5.91 Å². The Morgan fingerprint density at radius 2 is 1.91 bits per heavy atom. The van der Waals surface area contributed by atoms with Crippen LogP contribution >= 0.6 is 0 Å². The summed E-state index contributed by atoms with van der Waals surface area (Å²) in [4.78, 5) is 24.8. The number of amidine groups is 2. The number of carbonyl (C=O) groups is 1. The van der Waals surface area contributed by atoms with Crippen molar-refractivity contribution in [2.24, 2.45) is 27.4 Å². The summed E-state index contributed by atoms with van der Waals surface area (Å²) in [7, 11) is 0. The second kappa shape index (κ2) is 8.78. The van der Waals surface area contributed by atoms with Gasteiger partial charge in [-0.3, -0.25) is 4.79 Å². The fourth-order valence-electron chi connectivity index (χ4n) is 3.38. The number of hydrogen-bond donors (Lipinski definition) is 2. The summed E-state index contributed by atoms with van der Waals surface area (Å²) >= 11 is 0. The number of nitrogens with two attached hydrogens (primary N) is 2. The number of amides is 1. The zero-order valence-electron chi connectivity index (χ0n) is 18.5. The zero-order valence-corrected chi connectivity index (χ0v) is 18.5. The molecule has 1 saturated carbocycles. The van der Waals surface area contributed by atoms with Crippen molar-refractivity contribution >= 4 is 23.3 Å². The molecule has 0 saturated heterocycles. The fourth-order valence-corrected chi connectivity index (χ4v) is 3.38. The van der Waals surface area contributed by atoms with Crippen molar-refractivity contribution in [2.75, 3.05) is 0 Å². The number of hydrogen-bond acceptors (Lipinski definition) is 5. The highest BCUT2D eigenvalue weighted by atomic mass is 16.4. The SMILES string of the molecule is Cc1ccc(C(N)=NC(=O)C2CC2)cc1N=C(N)c1cnc(-c2ccc(-n3cccn3)cc2)o1. The number of aliphatic imine (C=N–C) groups is 2. The molecule has 5 rings (SSSR count). The van der Waals surface area contributed by atoms with Crippen LogP contribution in [0, 0.1) is 12.8 Å². The Balaban J connectivity index is 1.37. The van der Waals surface area contributed by atoms with Crippen LogP contribution in [0.2, 0.25) is 0 Å². The topological polar surface area (TPSA) is 138 Å². The van der Waals surface area contributed by atoms with Gasteiger partial charge < -0.3 is 15.9 Å². The van der Waals surface area contributed by atoms with E-state index in [1.165, 1.54) is 0 Å². The minimum absolute atomic E-state index is 0.0135. The largest absolute Gasteiger partial charge is 0.433 e. The summed E-state index contributed by atoms with van der Waals surface area (Å²) < 4.78 is 7.62. The maximum atomic E-state index is 12.0. The van der Waals surface area contributed by atoms with Gasteiger partial charge in [-0.15, -0.1) is 0 Å². The highest BCUT2D eigenvalue weighted by Gasteiger charge is 2.29. The molecule has 0 unspecified atom stereocenters. The molecule has 1 aliphatic carbocycles.